The summed E-state index contributed by atoms with van der Waals surface area (Å²) in [5, 5.41) is 6.63. The summed E-state index contributed by atoms with van der Waals surface area (Å²) in [4.78, 5) is 15.9. The lowest BCUT2D eigenvalue weighted by Gasteiger charge is -2.03. The molecule has 7 heteroatoms. The van der Waals surface area contributed by atoms with E-state index in [-0.39, 0.29) is 12.6 Å². The largest absolute Gasteiger partial charge is 0.444 e. The Morgan fingerprint density at radius 1 is 1.24 bits per heavy atom. The Balaban J connectivity index is 1.63. The number of ether oxygens (including phenoxy) is 1. The number of fused-ring (bicyclic) bond motifs is 1. The monoisotopic (exact) mass is 346 g/mol. The zero-order valence-corrected chi connectivity index (χ0v) is 12.4. The predicted octanol–water partition coefficient (Wildman–Crippen LogP) is 3.24. The van der Waals surface area contributed by atoms with Crippen LogP contribution in [0.1, 0.15) is 5.56 Å². The normalized spacial score (nSPS) is 10.5. The topological polar surface area (TPSA) is 68.5 Å². The highest BCUT2D eigenvalue weighted by molar-refractivity contribution is 9.10. The van der Waals surface area contributed by atoms with Crippen LogP contribution in [0, 0.1) is 0 Å². The van der Waals surface area contributed by atoms with Crippen LogP contribution in [-0.2, 0) is 11.3 Å². The molecule has 0 saturated heterocycles. The maximum atomic E-state index is 11.7. The molecule has 106 valence electrons. The Bertz CT molecular complexity index is 773. The van der Waals surface area contributed by atoms with Crippen molar-refractivity contribution in [3.8, 4) is 0 Å². The minimum absolute atomic E-state index is 0.200. The first kappa shape index (κ1) is 13.6. The highest BCUT2D eigenvalue weighted by Gasteiger charge is 2.09. The van der Waals surface area contributed by atoms with Crippen molar-refractivity contribution in [3.63, 3.8) is 0 Å². The quantitative estimate of drug-likeness (QED) is 0.790. The van der Waals surface area contributed by atoms with E-state index in [1.807, 2.05) is 36.4 Å². The molecular formula is C14H11BrN4O2. The van der Waals surface area contributed by atoms with Crippen LogP contribution < -0.4 is 5.32 Å². The van der Waals surface area contributed by atoms with Crippen molar-refractivity contribution >= 4 is 33.6 Å². The molecule has 0 spiro atoms. The molecule has 1 N–H and O–H groups in total. The Morgan fingerprint density at radius 3 is 2.86 bits per heavy atom. The molecular weight excluding hydrogens is 336 g/mol. The fourth-order valence-corrected chi connectivity index (χ4v) is 2.09. The second kappa shape index (κ2) is 5.92. The molecule has 0 saturated carbocycles. The number of aromatic nitrogens is 3. The second-order valence-corrected chi connectivity index (χ2v) is 5.19. The van der Waals surface area contributed by atoms with Crippen LogP contribution in [0.4, 0.5) is 10.7 Å². The number of hydrogen-bond donors (Lipinski definition) is 1. The van der Waals surface area contributed by atoms with Gasteiger partial charge in [0.15, 0.2) is 5.65 Å². The fourth-order valence-electron chi connectivity index (χ4n) is 1.76. The third-order valence-corrected chi connectivity index (χ3v) is 3.19. The van der Waals surface area contributed by atoms with E-state index in [4.69, 9.17) is 4.74 Å². The number of amides is 1. The van der Waals surface area contributed by atoms with Crippen LogP contribution in [0.15, 0.2) is 53.1 Å². The summed E-state index contributed by atoms with van der Waals surface area (Å²) < 4.78 is 7.54. The second-order valence-electron chi connectivity index (χ2n) is 4.27. The van der Waals surface area contributed by atoms with Crippen molar-refractivity contribution in [2.75, 3.05) is 5.32 Å². The maximum Gasteiger partial charge on any atom is 0.414 e. The molecule has 2 aromatic heterocycles. The molecule has 2 heterocycles. The lowest BCUT2D eigenvalue weighted by molar-refractivity contribution is 0.155. The van der Waals surface area contributed by atoms with Gasteiger partial charge in [-0.25, -0.2) is 9.31 Å². The number of nitrogens with one attached hydrogen (secondary N) is 1. The number of carbonyl (C=O) groups excluding carboxylic acids is 1. The summed E-state index contributed by atoms with van der Waals surface area (Å²) in [6.07, 6.45) is 1.16. The van der Waals surface area contributed by atoms with Crippen LogP contribution in [0.3, 0.4) is 0 Å². The summed E-state index contributed by atoms with van der Waals surface area (Å²) in [6, 6.07) is 13.1. The van der Waals surface area contributed by atoms with Crippen molar-refractivity contribution in [3.05, 3.63) is 58.7 Å². The smallest absolute Gasteiger partial charge is 0.414 e. The summed E-state index contributed by atoms with van der Waals surface area (Å²) in [5.41, 5.74) is 1.55. The molecule has 1 aromatic carbocycles. The van der Waals surface area contributed by atoms with E-state index in [1.165, 1.54) is 0 Å². The van der Waals surface area contributed by atoms with Crippen molar-refractivity contribution in [1.29, 1.82) is 0 Å². The van der Waals surface area contributed by atoms with Crippen LogP contribution in [0.2, 0.25) is 0 Å². The van der Waals surface area contributed by atoms with Gasteiger partial charge < -0.3 is 4.74 Å². The van der Waals surface area contributed by atoms with Gasteiger partial charge in [0.1, 0.15) is 6.61 Å². The minimum atomic E-state index is -0.589. The van der Waals surface area contributed by atoms with Gasteiger partial charge in [0.2, 0.25) is 0 Å². The average molecular weight is 347 g/mol. The van der Waals surface area contributed by atoms with Gasteiger partial charge >= 0.3 is 6.09 Å². The fraction of sp³-hybridized carbons (Fsp3) is 0.0714. The van der Waals surface area contributed by atoms with E-state index in [1.54, 1.807) is 16.8 Å². The number of carbonyl (C=O) groups is 1. The Hall–Kier alpha value is -2.41. The zero-order valence-electron chi connectivity index (χ0n) is 10.9. The molecule has 0 fully saturated rings. The van der Waals surface area contributed by atoms with Crippen molar-refractivity contribution < 1.29 is 9.53 Å². The van der Waals surface area contributed by atoms with E-state index < -0.39 is 6.09 Å². The first-order valence-corrected chi connectivity index (χ1v) is 7.00. The molecule has 1 amide bonds. The van der Waals surface area contributed by atoms with Gasteiger partial charge in [-0.1, -0.05) is 30.3 Å². The number of halogens is 1. The first-order valence-electron chi connectivity index (χ1n) is 6.20. The third kappa shape index (κ3) is 3.38. The van der Waals surface area contributed by atoms with Crippen molar-refractivity contribution in [1.82, 2.24) is 14.6 Å². The lowest BCUT2D eigenvalue weighted by atomic mass is 10.2. The molecule has 0 aliphatic carbocycles. The third-order valence-electron chi connectivity index (χ3n) is 2.72. The molecule has 0 aliphatic heterocycles. The molecule has 21 heavy (non-hydrogen) atoms. The van der Waals surface area contributed by atoms with E-state index in [0.717, 1.165) is 10.0 Å². The van der Waals surface area contributed by atoms with Crippen molar-refractivity contribution in [2.24, 2.45) is 0 Å². The lowest BCUT2D eigenvalue weighted by Crippen LogP contribution is -2.14. The Morgan fingerprint density at radius 2 is 2.05 bits per heavy atom. The van der Waals surface area contributed by atoms with E-state index in [2.05, 4.69) is 31.3 Å². The number of anilines is 1. The minimum Gasteiger partial charge on any atom is -0.444 e. The van der Waals surface area contributed by atoms with Crippen LogP contribution in [0.25, 0.3) is 5.65 Å². The van der Waals surface area contributed by atoms with Crippen molar-refractivity contribution in [2.45, 2.75) is 6.61 Å². The molecule has 3 aromatic rings. The number of hydrogen-bond acceptors (Lipinski definition) is 4. The van der Waals surface area contributed by atoms with Gasteiger partial charge in [-0.05, 0) is 33.6 Å². The van der Waals surface area contributed by atoms with Gasteiger partial charge in [-0.2, -0.15) is 4.98 Å². The van der Waals surface area contributed by atoms with Crippen LogP contribution in [0.5, 0.6) is 0 Å². The van der Waals surface area contributed by atoms with Gasteiger partial charge in [0.05, 0.1) is 0 Å². The van der Waals surface area contributed by atoms with E-state index >= 15 is 0 Å². The molecule has 0 unspecified atom stereocenters. The Labute approximate surface area is 128 Å². The van der Waals surface area contributed by atoms with Gasteiger partial charge in [-0.3, -0.25) is 5.32 Å². The molecule has 3 rings (SSSR count). The van der Waals surface area contributed by atoms with Gasteiger partial charge in [0.25, 0.3) is 5.95 Å². The first-order chi connectivity index (χ1) is 10.2. The van der Waals surface area contributed by atoms with Gasteiger partial charge in [0, 0.05) is 10.7 Å². The average Bonchev–Trinajstić information content (AvgIpc) is 2.87. The molecule has 0 bridgehead atoms. The summed E-state index contributed by atoms with van der Waals surface area (Å²) in [7, 11) is 0. The molecule has 0 radical (unpaired) electrons. The predicted molar refractivity (Wildman–Crippen MR) is 80.9 cm³/mol. The van der Waals surface area contributed by atoms with E-state index in [0.29, 0.717) is 5.65 Å². The molecule has 6 nitrogen and oxygen atoms in total. The standard InChI is InChI=1S/C14H11BrN4O2/c15-11-6-7-12-16-13(18-19(12)8-11)17-14(20)21-9-10-4-2-1-3-5-10/h1-8H,9H2,(H,17,18,20). The summed E-state index contributed by atoms with van der Waals surface area (Å²) >= 11 is 3.34. The van der Waals surface area contributed by atoms with E-state index in [9.17, 15) is 4.79 Å². The number of pyridine rings is 1. The highest BCUT2D eigenvalue weighted by atomic mass is 79.9. The van der Waals surface area contributed by atoms with Gasteiger partial charge in [-0.15, -0.1) is 5.10 Å². The zero-order chi connectivity index (χ0) is 14.7. The Kier molecular flexibility index (Phi) is 3.83. The highest BCUT2D eigenvalue weighted by Crippen LogP contribution is 2.12. The molecule has 0 aliphatic rings. The number of rotatable bonds is 3. The number of nitrogens with zero attached hydrogens (tertiary/aromatic N) is 3. The van der Waals surface area contributed by atoms with Crippen LogP contribution >= 0.6 is 15.9 Å². The molecule has 0 atom stereocenters. The number of benzene rings is 1. The van der Waals surface area contributed by atoms with Crippen LogP contribution in [-0.4, -0.2) is 20.7 Å². The summed E-state index contributed by atoms with van der Waals surface area (Å²) in [5.74, 6) is 0.200. The summed E-state index contributed by atoms with van der Waals surface area (Å²) in [6.45, 7) is 0.200. The maximum absolute atomic E-state index is 11.7. The SMILES string of the molecule is O=C(Nc1nc2ccc(Br)cn2n1)OCc1ccccc1.